The van der Waals surface area contributed by atoms with E-state index in [9.17, 15) is 4.79 Å². The number of nitrogens with zero attached hydrogens (tertiary/aromatic N) is 3. The fraction of sp³-hybridized carbons (Fsp3) is 0.440. The van der Waals surface area contributed by atoms with Gasteiger partial charge in [0, 0.05) is 46.2 Å². The third kappa shape index (κ3) is 4.66. The highest BCUT2D eigenvalue weighted by Gasteiger charge is 2.23. The lowest BCUT2D eigenvalue weighted by molar-refractivity contribution is -0.131. The molecule has 0 saturated carbocycles. The number of methoxy groups -OCH3 is 2. The minimum absolute atomic E-state index is 0.214. The van der Waals surface area contributed by atoms with Crippen molar-refractivity contribution >= 4 is 11.9 Å². The van der Waals surface area contributed by atoms with Crippen molar-refractivity contribution in [2.45, 2.75) is 38.9 Å². The first-order valence-electron chi connectivity index (χ1n) is 11.2. The zero-order valence-corrected chi connectivity index (χ0v) is 19.2. The zero-order valence-electron chi connectivity index (χ0n) is 19.2. The van der Waals surface area contributed by atoms with Gasteiger partial charge in [-0.3, -0.25) is 9.79 Å². The van der Waals surface area contributed by atoms with Gasteiger partial charge in [-0.05, 0) is 47.2 Å². The summed E-state index contributed by atoms with van der Waals surface area (Å²) in [6.45, 7) is 3.82. The third-order valence-electron chi connectivity index (χ3n) is 6.27. The van der Waals surface area contributed by atoms with Crippen molar-refractivity contribution < 1.29 is 14.3 Å². The van der Waals surface area contributed by atoms with Crippen molar-refractivity contribution in [1.29, 1.82) is 0 Å². The lowest BCUT2D eigenvalue weighted by atomic mass is 9.99. The van der Waals surface area contributed by atoms with Crippen LogP contribution in [0.3, 0.4) is 0 Å². The minimum Gasteiger partial charge on any atom is -0.493 e. The molecule has 2 heterocycles. The molecule has 0 bridgehead atoms. The Kier molecular flexibility index (Phi) is 6.83. The summed E-state index contributed by atoms with van der Waals surface area (Å²) >= 11 is 0. The Balaban J connectivity index is 1.26. The zero-order chi connectivity index (χ0) is 22.5. The quantitative estimate of drug-likeness (QED) is 0.429. The van der Waals surface area contributed by atoms with Gasteiger partial charge in [0.05, 0.1) is 14.2 Å². The van der Waals surface area contributed by atoms with Crippen molar-refractivity contribution in [1.82, 2.24) is 15.1 Å². The van der Waals surface area contributed by atoms with Crippen LogP contribution >= 0.6 is 0 Å². The molecule has 0 aromatic heterocycles. The van der Waals surface area contributed by atoms with E-state index >= 15 is 0 Å². The van der Waals surface area contributed by atoms with Gasteiger partial charge in [-0.15, -0.1) is 0 Å². The predicted molar refractivity (Wildman–Crippen MR) is 125 cm³/mol. The molecule has 7 nitrogen and oxygen atoms in total. The van der Waals surface area contributed by atoms with Crippen LogP contribution in [-0.4, -0.2) is 56.0 Å². The highest BCUT2D eigenvalue weighted by atomic mass is 16.5. The number of fused-ring (bicyclic) bond motifs is 2. The molecule has 2 aromatic carbocycles. The van der Waals surface area contributed by atoms with E-state index < -0.39 is 0 Å². The predicted octanol–water partition coefficient (Wildman–Crippen LogP) is 2.96. The number of guanidine groups is 1. The van der Waals surface area contributed by atoms with Gasteiger partial charge in [0.1, 0.15) is 0 Å². The molecule has 32 heavy (non-hydrogen) atoms. The molecule has 0 aliphatic carbocycles. The molecule has 7 heteroatoms. The molecular weight excluding hydrogens is 404 g/mol. The van der Waals surface area contributed by atoms with E-state index in [-0.39, 0.29) is 5.91 Å². The number of hydrogen-bond donors (Lipinski definition) is 1. The van der Waals surface area contributed by atoms with Crippen molar-refractivity contribution in [2.24, 2.45) is 4.99 Å². The number of ether oxygens (including phenoxy) is 2. The molecule has 2 aromatic rings. The van der Waals surface area contributed by atoms with Gasteiger partial charge in [-0.25, -0.2) is 0 Å². The highest BCUT2D eigenvalue weighted by molar-refractivity contribution is 5.80. The number of benzene rings is 2. The van der Waals surface area contributed by atoms with E-state index in [4.69, 9.17) is 9.47 Å². The Morgan fingerprint density at radius 3 is 2.22 bits per heavy atom. The fourth-order valence-corrected chi connectivity index (χ4v) is 4.50. The molecule has 0 unspecified atom stereocenters. The number of nitrogens with one attached hydrogen (secondary N) is 1. The van der Waals surface area contributed by atoms with Crippen LogP contribution < -0.4 is 14.8 Å². The van der Waals surface area contributed by atoms with Crippen LogP contribution in [0.1, 0.15) is 35.1 Å². The monoisotopic (exact) mass is 436 g/mol. The highest BCUT2D eigenvalue weighted by Crippen LogP contribution is 2.33. The largest absolute Gasteiger partial charge is 0.493 e. The second kappa shape index (κ2) is 9.94. The van der Waals surface area contributed by atoms with Crippen molar-refractivity contribution in [2.75, 3.05) is 34.4 Å². The Bertz CT molecular complexity index is 980. The Labute approximate surface area is 190 Å². The maximum absolute atomic E-state index is 12.6. The molecular formula is C25H32N4O3. The van der Waals surface area contributed by atoms with Gasteiger partial charge in [-0.2, -0.15) is 0 Å². The number of aliphatic imine (C=N–C) groups is 1. The molecule has 4 rings (SSSR count). The maximum Gasteiger partial charge on any atom is 0.223 e. The summed E-state index contributed by atoms with van der Waals surface area (Å²) in [5, 5.41) is 3.43. The summed E-state index contributed by atoms with van der Waals surface area (Å²) < 4.78 is 10.9. The lowest BCUT2D eigenvalue weighted by Gasteiger charge is -2.32. The van der Waals surface area contributed by atoms with Crippen LogP contribution in [0, 0.1) is 0 Å². The maximum atomic E-state index is 12.6. The number of amides is 1. The van der Waals surface area contributed by atoms with Gasteiger partial charge in [0.15, 0.2) is 17.5 Å². The average Bonchev–Trinajstić information content (AvgIpc) is 3.27. The number of hydrogen-bond acceptors (Lipinski definition) is 4. The molecule has 1 N–H and O–H groups in total. The molecule has 0 fully saturated rings. The summed E-state index contributed by atoms with van der Waals surface area (Å²) in [7, 11) is 5.13. The Morgan fingerprint density at radius 2 is 1.59 bits per heavy atom. The van der Waals surface area contributed by atoms with Crippen LogP contribution in [-0.2, 0) is 30.8 Å². The minimum atomic E-state index is 0.214. The topological polar surface area (TPSA) is 66.4 Å². The SMILES string of the molecule is CN=C(NCCCC(=O)N1Cc2ccccc2C1)N1CCc2cc(OC)c(OC)cc2C1. The first-order chi connectivity index (χ1) is 15.6. The standard InChI is InChI=1S/C25H32N4O3/c1-26-25(28-12-10-18-13-22(31-2)23(32-3)14-21(18)17-28)27-11-6-9-24(30)29-15-19-7-4-5-8-20(19)16-29/h4-5,7-8,13-14H,6,9-12,15-17H2,1-3H3,(H,26,27). The molecule has 0 spiro atoms. The third-order valence-corrected chi connectivity index (χ3v) is 6.27. The summed E-state index contributed by atoms with van der Waals surface area (Å²) in [5.74, 6) is 2.60. The summed E-state index contributed by atoms with van der Waals surface area (Å²) in [4.78, 5) is 21.3. The van der Waals surface area contributed by atoms with Gasteiger partial charge in [0.25, 0.3) is 0 Å². The van der Waals surface area contributed by atoms with Crippen LogP contribution in [0.15, 0.2) is 41.4 Å². The molecule has 0 radical (unpaired) electrons. The second-order valence-corrected chi connectivity index (χ2v) is 8.24. The normalized spacial score (nSPS) is 15.3. The summed E-state index contributed by atoms with van der Waals surface area (Å²) in [5.41, 5.74) is 5.03. The Morgan fingerprint density at radius 1 is 0.969 bits per heavy atom. The van der Waals surface area contributed by atoms with Gasteiger partial charge < -0.3 is 24.6 Å². The van der Waals surface area contributed by atoms with Gasteiger partial charge >= 0.3 is 0 Å². The molecule has 1 amide bonds. The van der Waals surface area contributed by atoms with E-state index in [1.807, 2.05) is 17.0 Å². The van der Waals surface area contributed by atoms with Gasteiger partial charge in [0.2, 0.25) is 5.91 Å². The molecule has 2 aliphatic rings. The van der Waals surface area contributed by atoms with E-state index in [1.54, 1.807) is 21.3 Å². The second-order valence-electron chi connectivity index (χ2n) is 8.24. The van der Waals surface area contributed by atoms with Crippen molar-refractivity contribution in [3.8, 4) is 11.5 Å². The summed E-state index contributed by atoms with van der Waals surface area (Å²) in [6, 6.07) is 12.4. The lowest BCUT2D eigenvalue weighted by Crippen LogP contribution is -2.44. The van der Waals surface area contributed by atoms with Crippen molar-refractivity contribution in [3.63, 3.8) is 0 Å². The van der Waals surface area contributed by atoms with Gasteiger partial charge in [-0.1, -0.05) is 24.3 Å². The molecule has 0 saturated heterocycles. The van der Waals surface area contributed by atoms with E-state index in [1.165, 1.54) is 22.3 Å². The molecule has 2 aliphatic heterocycles. The van der Waals surface area contributed by atoms with E-state index in [0.29, 0.717) is 13.0 Å². The summed E-state index contributed by atoms with van der Waals surface area (Å²) in [6.07, 6.45) is 2.24. The van der Waals surface area contributed by atoms with Crippen LogP contribution in [0.2, 0.25) is 0 Å². The van der Waals surface area contributed by atoms with Crippen LogP contribution in [0.5, 0.6) is 11.5 Å². The van der Waals surface area contributed by atoms with E-state index in [2.05, 4.69) is 39.5 Å². The first-order valence-corrected chi connectivity index (χ1v) is 11.2. The van der Waals surface area contributed by atoms with Crippen LogP contribution in [0.4, 0.5) is 0 Å². The van der Waals surface area contributed by atoms with Crippen molar-refractivity contribution in [3.05, 3.63) is 58.7 Å². The van der Waals surface area contributed by atoms with E-state index in [0.717, 1.165) is 56.5 Å². The number of rotatable bonds is 6. The first kappa shape index (κ1) is 22.0. The fourth-order valence-electron chi connectivity index (χ4n) is 4.50. The average molecular weight is 437 g/mol. The molecule has 0 atom stereocenters. The molecule has 170 valence electrons. The smallest absolute Gasteiger partial charge is 0.223 e. The van der Waals surface area contributed by atoms with Crippen LogP contribution in [0.25, 0.3) is 0 Å². The number of carbonyl (C=O) groups is 1. The number of carbonyl (C=O) groups excluding carboxylic acids is 1. The Hall–Kier alpha value is -3.22.